The Labute approximate surface area is 94.5 Å². The van der Waals surface area contributed by atoms with Crippen LogP contribution in [0, 0.1) is 17.8 Å². The highest BCUT2D eigenvalue weighted by Crippen LogP contribution is 2.22. The first-order valence-corrected chi connectivity index (χ1v) is 6.33. The van der Waals surface area contributed by atoms with Crippen LogP contribution in [-0.4, -0.2) is 5.78 Å². The molecule has 0 saturated heterocycles. The van der Waals surface area contributed by atoms with Crippen LogP contribution in [0.4, 0.5) is 0 Å². The first-order valence-electron chi connectivity index (χ1n) is 5.45. The fraction of sp³-hybridized carbons (Fsp3) is 0.462. The van der Waals surface area contributed by atoms with E-state index in [1.165, 1.54) is 43.4 Å². The van der Waals surface area contributed by atoms with Gasteiger partial charge in [-0.1, -0.05) is 31.2 Å². The largest absolute Gasteiger partial charge is 0.278 e. The van der Waals surface area contributed by atoms with Crippen molar-refractivity contribution in [1.82, 2.24) is 0 Å². The Morgan fingerprint density at radius 2 is 2.13 bits per heavy atom. The van der Waals surface area contributed by atoms with Gasteiger partial charge in [-0.05, 0) is 30.2 Å². The fourth-order valence-electron chi connectivity index (χ4n) is 1.88. The molecule has 0 unspecified atom stereocenters. The Hall–Kier alpha value is -1.07. The van der Waals surface area contributed by atoms with Crippen molar-refractivity contribution >= 4 is 17.1 Å². The van der Waals surface area contributed by atoms with E-state index in [4.69, 9.17) is 0 Å². The summed E-state index contributed by atoms with van der Waals surface area (Å²) in [6, 6.07) is 3.72. The summed E-state index contributed by atoms with van der Waals surface area (Å²) in [5.74, 6) is 6.34. The van der Waals surface area contributed by atoms with Crippen molar-refractivity contribution < 1.29 is 4.79 Å². The molecule has 0 atom stereocenters. The van der Waals surface area contributed by atoms with Crippen LogP contribution >= 0.6 is 11.3 Å². The molecular formula is C13H14OS. The predicted molar refractivity (Wildman–Crippen MR) is 63.0 cm³/mol. The van der Waals surface area contributed by atoms with Gasteiger partial charge < -0.3 is 0 Å². The third-order valence-electron chi connectivity index (χ3n) is 2.74. The summed E-state index contributed by atoms with van der Waals surface area (Å²) in [5, 5.41) is 1.91. The molecule has 0 aliphatic heterocycles. The minimum Gasteiger partial charge on any atom is -0.278 e. The maximum atomic E-state index is 11.6. The van der Waals surface area contributed by atoms with E-state index < -0.39 is 0 Å². The van der Waals surface area contributed by atoms with Gasteiger partial charge in [0, 0.05) is 5.92 Å². The standard InChI is InChI=1S/C13H14OS/c14-12(13-7-4-10-15-13)9-8-11-5-2-1-3-6-11/h4,7,10-11H,1-3,5-6H2. The smallest absolute Gasteiger partial charge is 0.245 e. The summed E-state index contributed by atoms with van der Waals surface area (Å²) in [6.07, 6.45) is 6.21. The highest BCUT2D eigenvalue weighted by Gasteiger charge is 2.10. The average Bonchev–Trinajstić information content (AvgIpc) is 2.81. The Kier molecular flexibility index (Phi) is 3.58. The molecule has 78 valence electrons. The molecular weight excluding hydrogens is 204 g/mol. The monoisotopic (exact) mass is 218 g/mol. The second-order valence-corrected chi connectivity index (χ2v) is 4.86. The van der Waals surface area contributed by atoms with E-state index in [-0.39, 0.29) is 5.78 Å². The van der Waals surface area contributed by atoms with Crippen LogP contribution in [0.2, 0.25) is 0 Å². The van der Waals surface area contributed by atoms with Crippen LogP contribution in [0.25, 0.3) is 0 Å². The molecule has 2 heteroatoms. The molecule has 1 nitrogen and oxygen atoms in total. The number of ketones is 1. The topological polar surface area (TPSA) is 17.1 Å². The van der Waals surface area contributed by atoms with Crippen LogP contribution < -0.4 is 0 Å². The van der Waals surface area contributed by atoms with E-state index in [0.717, 1.165) is 4.88 Å². The maximum absolute atomic E-state index is 11.6. The zero-order valence-corrected chi connectivity index (χ0v) is 9.48. The third-order valence-corrected chi connectivity index (χ3v) is 3.61. The Morgan fingerprint density at radius 3 is 2.80 bits per heavy atom. The van der Waals surface area contributed by atoms with Crippen LogP contribution in [0.1, 0.15) is 41.8 Å². The summed E-state index contributed by atoms with van der Waals surface area (Å²) in [7, 11) is 0. The number of hydrogen-bond donors (Lipinski definition) is 0. The summed E-state index contributed by atoms with van der Waals surface area (Å²) >= 11 is 1.47. The molecule has 1 saturated carbocycles. The molecule has 0 radical (unpaired) electrons. The molecule has 1 heterocycles. The maximum Gasteiger partial charge on any atom is 0.245 e. The number of hydrogen-bond acceptors (Lipinski definition) is 2. The van der Waals surface area contributed by atoms with Crippen LogP contribution in [0.15, 0.2) is 17.5 Å². The summed E-state index contributed by atoms with van der Waals surface area (Å²) in [4.78, 5) is 12.3. The van der Waals surface area contributed by atoms with E-state index in [9.17, 15) is 4.79 Å². The first-order chi connectivity index (χ1) is 7.36. The van der Waals surface area contributed by atoms with Crippen molar-refractivity contribution in [3.05, 3.63) is 22.4 Å². The summed E-state index contributed by atoms with van der Waals surface area (Å²) < 4.78 is 0. The predicted octanol–water partition coefficient (Wildman–Crippen LogP) is 3.51. The van der Waals surface area contributed by atoms with Crippen molar-refractivity contribution in [3.8, 4) is 11.8 Å². The zero-order valence-electron chi connectivity index (χ0n) is 8.66. The molecule has 0 amide bonds. The van der Waals surface area contributed by atoms with Gasteiger partial charge in [0.15, 0.2) is 0 Å². The molecule has 1 fully saturated rings. The lowest BCUT2D eigenvalue weighted by Crippen LogP contribution is -2.04. The average molecular weight is 218 g/mol. The second kappa shape index (κ2) is 5.14. The minimum absolute atomic E-state index is 0.0180. The quantitative estimate of drug-likeness (QED) is 0.400. The second-order valence-electron chi connectivity index (χ2n) is 3.91. The lowest BCUT2D eigenvalue weighted by atomic mass is 9.90. The van der Waals surface area contributed by atoms with E-state index in [1.807, 2.05) is 17.5 Å². The van der Waals surface area contributed by atoms with Gasteiger partial charge in [-0.2, -0.15) is 0 Å². The molecule has 0 spiro atoms. The summed E-state index contributed by atoms with van der Waals surface area (Å²) in [6.45, 7) is 0. The number of Topliss-reactive ketones (excluding diaryl/α,β-unsaturated/α-hetero) is 1. The van der Waals surface area contributed by atoms with Crippen molar-refractivity contribution in [2.45, 2.75) is 32.1 Å². The van der Waals surface area contributed by atoms with Gasteiger partial charge in [0.25, 0.3) is 0 Å². The molecule has 1 aliphatic rings. The fourth-order valence-corrected chi connectivity index (χ4v) is 2.50. The SMILES string of the molecule is O=C(C#CC1CCCCC1)c1cccs1. The first kappa shape index (κ1) is 10.4. The van der Waals surface area contributed by atoms with E-state index in [0.29, 0.717) is 5.92 Å². The van der Waals surface area contributed by atoms with Gasteiger partial charge in [0.2, 0.25) is 5.78 Å². The highest BCUT2D eigenvalue weighted by molar-refractivity contribution is 7.12. The number of carbonyl (C=O) groups excluding carboxylic acids is 1. The summed E-state index contributed by atoms with van der Waals surface area (Å²) in [5.41, 5.74) is 0. The van der Waals surface area contributed by atoms with Crippen molar-refractivity contribution in [2.75, 3.05) is 0 Å². The molecule has 0 N–H and O–H groups in total. The molecule has 2 rings (SSSR count). The van der Waals surface area contributed by atoms with E-state index >= 15 is 0 Å². The van der Waals surface area contributed by atoms with Gasteiger partial charge >= 0.3 is 0 Å². The Bertz CT molecular complexity index is 374. The van der Waals surface area contributed by atoms with Gasteiger partial charge in [-0.15, -0.1) is 11.3 Å². The number of thiophene rings is 1. The van der Waals surface area contributed by atoms with Gasteiger partial charge in [0.1, 0.15) is 0 Å². The lowest BCUT2D eigenvalue weighted by Gasteiger charge is -2.15. The molecule has 1 aromatic heterocycles. The van der Waals surface area contributed by atoms with E-state index in [1.54, 1.807) is 0 Å². The normalized spacial score (nSPS) is 16.8. The van der Waals surface area contributed by atoms with Crippen LogP contribution in [-0.2, 0) is 0 Å². The van der Waals surface area contributed by atoms with Crippen LogP contribution in [0.3, 0.4) is 0 Å². The van der Waals surface area contributed by atoms with Crippen molar-refractivity contribution in [3.63, 3.8) is 0 Å². The lowest BCUT2D eigenvalue weighted by molar-refractivity contribution is 0.106. The molecule has 0 aromatic carbocycles. The number of carbonyl (C=O) groups is 1. The third kappa shape index (κ3) is 2.94. The van der Waals surface area contributed by atoms with Crippen molar-refractivity contribution in [2.24, 2.45) is 5.92 Å². The zero-order chi connectivity index (χ0) is 10.5. The highest BCUT2D eigenvalue weighted by atomic mass is 32.1. The number of rotatable bonds is 1. The van der Waals surface area contributed by atoms with Gasteiger partial charge in [-0.25, -0.2) is 0 Å². The molecule has 15 heavy (non-hydrogen) atoms. The van der Waals surface area contributed by atoms with Gasteiger partial charge in [-0.3, -0.25) is 4.79 Å². The molecule has 0 bridgehead atoms. The Balaban J connectivity index is 1.96. The van der Waals surface area contributed by atoms with Gasteiger partial charge in [0.05, 0.1) is 4.88 Å². The minimum atomic E-state index is -0.0180. The van der Waals surface area contributed by atoms with Crippen molar-refractivity contribution in [1.29, 1.82) is 0 Å². The Morgan fingerprint density at radius 1 is 1.33 bits per heavy atom. The molecule has 1 aromatic rings. The molecule has 1 aliphatic carbocycles. The van der Waals surface area contributed by atoms with E-state index in [2.05, 4.69) is 11.8 Å². The van der Waals surface area contributed by atoms with Crippen LogP contribution in [0.5, 0.6) is 0 Å².